The maximum atomic E-state index is 6.53. The predicted molar refractivity (Wildman–Crippen MR) is 199 cm³/mol. The quantitative estimate of drug-likeness (QED) is 0.143. The lowest BCUT2D eigenvalue weighted by atomic mass is 9.85. The number of aryl methyl sites for hydroxylation is 2. The Morgan fingerprint density at radius 3 is 2.35 bits per heavy atom. The van der Waals surface area contributed by atoms with Gasteiger partial charge in [-0.05, 0) is 102 Å². The molecule has 0 aliphatic heterocycles. The van der Waals surface area contributed by atoms with E-state index < -0.39 is 0 Å². The first kappa shape index (κ1) is 31.4. The monoisotopic (exact) mass is 632 g/mol. The van der Waals surface area contributed by atoms with Gasteiger partial charge in [0.1, 0.15) is 17.3 Å². The molecule has 48 heavy (non-hydrogen) atoms. The highest BCUT2D eigenvalue weighted by Gasteiger charge is 2.18. The highest BCUT2D eigenvalue weighted by atomic mass is 16.5. The number of benzene rings is 4. The van der Waals surface area contributed by atoms with E-state index in [1.54, 1.807) is 0 Å². The van der Waals surface area contributed by atoms with Crippen molar-refractivity contribution in [2.24, 2.45) is 5.92 Å². The van der Waals surface area contributed by atoms with Crippen LogP contribution in [0.3, 0.4) is 0 Å². The first-order valence-electron chi connectivity index (χ1n) is 17.4. The van der Waals surface area contributed by atoms with Crippen LogP contribution in [0.5, 0.6) is 11.5 Å². The topological polar surface area (TPSA) is 44.9 Å². The first-order chi connectivity index (χ1) is 23.4. The molecule has 7 rings (SSSR count). The van der Waals surface area contributed by atoms with Gasteiger partial charge in [0.25, 0.3) is 0 Å². The maximum absolute atomic E-state index is 6.53. The molecule has 3 heterocycles. The zero-order chi connectivity index (χ0) is 33.2. The predicted octanol–water partition coefficient (Wildman–Crippen LogP) is 11.2. The second kappa shape index (κ2) is 13.5. The Balaban J connectivity index is 1.24. The molecule has 5 nitrogen and oxygen atoms in total. The van der Waals surface area contributed by atoms with Crippen LogP contribution in [0.15, 0.2) is 110 Å². The van der Waals surface area contributed by atoms with Gasteiger partial charge in [-0.25, -0.2) is 9.67 Å². The molecule has 7 aromatic rings. The van der Waals surface area contributed by atoms with Crippen LogP contribution < -0.4 is 4.74 Å². The Labute approximate surface area is 283 Å². The third-order valence-electron chi connectivity index (χ3n) is 9.11. The van der Waals surface area contributed by atoms with Gasteiger partial charge in [-0.1, -0.05) is 76.9 Å². The van der Waals surface area contributed by atoms with Crippen LogP contribution in [0.1, 0.15) is 62.8 Å². The van der Waals surface area contributed by atoms with E-state index in [1.165, 1.54) is 44.2 Å². The van der Waals surface area contributed by atoms with Gasteiger partial charge < -0.3 is 4.74 Å². The summed E-state index contributed by atoms with van der Waals surface area (Å²) in [7, 11) is 0. The Morgan fingerprint density at radius 2 is 1.54 bits per heavy atom. The summed E-state index contributed by atoms with van der Waals surface area (Å²) in [5.41, 5.74) is 11.3. The zero-order valence-electron chi connectivity index (χ0n) is 28.7. The van der Waals surface area contributed by atoms with Crippen LogP contribution in [-0.4, -0.2) is 19.3 Å². The number of aromatic nitrogens is 4. The smallest absolute Gasteiger partial charge is 0.137 e. The van der Waals surface area contributed by atoms with Crippen molar-refractivity contribution in [3.63, 3.8) is 0 Å². The van der Waals surface area contributed by atoms with Gasteiger partial charge in [-0.3, -0.25) is 4.57 Å². The molecule has 0 saturated carbocycles. The zero-order valence-corrected chi connectivity index (χ0v) is 28.7. The summed E-state index contributed by atoms with van der Waals surface area (Å²) in [5.74, 6) is 3.04. The molecule has 0 spiro atoms. The molecule has 242 valence electrons. The third-order valence-corrected chi connectivity index (χ3v) is 9.11. The van der Waals surface area contributed by atoms with Gasteiger partial charge in [0.2, 0.25) is 0 Å². The fourth-order valence-corrected chi connectivity index (χ4v) is 7.07. The number of hydrogen-bond donors (Lipinski definition) is 0. The van der Waals surface area contributed by atoms with Gasteiger partial charge in [0.05, 0.1) is 22.9 Å². The highest BCUT2D eigenvalue weighted by Crippen LogP contribution is 2.36. The summed E-state index contributed by atoms with van der Waals surface area (Å²) < 4.78 is 10.7. The largest absolute Gasteiger partial charge is 0.457 e. The van der Waals surface area contributed by atoms with Crippen LogP contribution in [0.2, 0.25) is 0 Å². The number of fused-ring (bicyclic) bond motifs is 3. The minimum absolute atomic E-state index is 0.610. The number of pyridine rings is 1. The van der Waals surface area contributed by atoms with Crippen LogP contribution in [0, 0.1) is 12.8 Å². The number of para-hydroxylation sites is 1. The van der Waals surface area contributed by atoms with E-state index in [9.17, 15) is 0 Å². The molecule has 3 aromatic heterocycles. The molecule has 0 fully saturated rings. The van der Waals surface area contributed by atoms with E-state index in [-0.39, 0.29) is 0 Å². The van der Waals surface area contributed by atoms with Crippen LogP contribution in [0.4, 0.5) is 0 Å². The van der Waals surface area contributed by atoms with Crippen molar-refractivity contribution in [3.8, 4) is 34.1 Å². The summed E-state index contributed by atoms with van der Waals surface area (Å²) >= 11 is 0. The van der Waals surface area contributed by atoms with Gasteiger partial charge in [0, 0.05) is 40.9 Å². The molecule has 0 radical (unpaired) electrons. The molecule has 0 unspecified atom stereocenters. The number of rotatable bonds is 11. The molecule has 5 heteroatoms. The van der Waals surface area contributed by atoms with Gasteiger partial charge >= 0.3 is 0 Å². The molecule has 0 bridgehead atoms. The standard InChI is InChI=1S/C43H44N4O/c1-6-11-31-17-18-32(23-29(3)4)37(12-7-2)43(31)33-27-45-46(28-33)34-13-10-14-35(25-34)48-36-19-20-39-38-15-8-9-16-40(38)47(41(39)26-36)42-24-30(5)21-22-44-42/h8-10,13-22,24-29H,6-7,11-12,23H2,1-5H3. The van der Waals surface area contributed by atoms with Gasteiger partial charge in [0.15, 0.2) is 0 Å². The highest BCUT2D eigenvalue weighted by molar-refractivity contribution is 6.09. The summed E-state index contributed by atoms with van der Waals surface area (Å²) in [6, 6.07) is 31.9. The van der Waals surface area contributed by atoms with Crippen molar-refractivity contribution < 1.29 is 4.74 Å². The number of ether oxygens (including phenoxy) is 1. The third kappa shape index (κ3) is 6.13. The molecule has 0 atom stereocenters. The molecule has 4 aromatic carbocycles. The summed E-state index contributed by atoms with van der Waals surface area (Å²) in [5, 5.41) is 7.23. The molecular formula is C43H44N4O. The summed E-state index contributed by atoms with van der Waals surface area (Å²) in [6.07, 6.45) is 11.6. The van der Waals surface area contributed by atoms with E-state index in [1.807, 2.05) is 35.3 Å². The van der Waals surface area contributed by atoms with Crippen molar-refractivity contribution >= 4 is 21.8 Å². The minimum Gasteiger partial charge on any atom is -0.457 e. The molecular weight excluding hydrogens is 589 g/mol. The lowest BCUT2D eigenvalue weighted by Crippen LogP contribution is -2.04. The Bertz CT molecular complexity index is 2220. The molecule has 0 saturated heterocycles. The average Bonchev–Trinajstić information content (AvgIpc) is 3.69. The van der Waals surface area contributed by atoms with Crippen LogP contribution in [-0.2, 0) is 19.3 Å². The lowest BCUT2D eigenvalue weighted by Gasteiger charge is -2.19. The molecule has 0 aliphatic rings. The van der Waals surface area contributed by atoms with Crippen molar-refractivity contribution in [2.75, 3.05) is 0 Å². The fraction of sp³-hybridized carbons (Fsp3) is 0.256. The van der Waals surface area contributed by atoms with E-state index >= 15 is 0 Å². The molecule has 0 N–H and O–H groups in total. The fourth-order valence-electron chi connectivity index (χ4n) is 7.07. The summed E-state index contributed by atoms with van der Waals surface area (Å²) in [4.78, 5) is 4.73. The number of hydrogen-bond acceptors (Lipinski definition) is 3. The van der Waals surface area contributed by atoms with Gasteiger partial charge in [-0.2, -0.15) is 5.10 Å². The second-order valence-electron chi connectivity index (χ2n) is 13.3. The van der Waals surface area contributed by atoms with E-state index in [0.717, 1.165) is 66.1 Å². The molecule has 0 aliphatic carbocycles. The van der Waals surface area contributed by atoms with Crippen LogP contribution >= 0.6 is 0 Å². The van der Waals surface area contributed by atoms with Crippen molar-refractivity contribution in [2.45, 2.75) is 66.7 Å². The van der Waals surface area contributed by atoms with E-state index in [4.69, 9.17) is 14.8 Å². The van der Waals surface area contributed by atoms with Crippen molar-refractivity contribution in [3.05, 3.63) is 132 Å². The number of nitrogens with zero attached hydrogens (tertiary/aromatic N) is 4. The lowest BCUT2D eigenvalue weighted by molar-refractivity contribution is 0.483. The summed E-state index contributed by atoms with van der Waals surface area (Å²) in [6.45, 7) is 11.3. The first-order valence-corrected chi connectivity index (χ1v) is 17.4. The minimum atomic E-state index is 0.610. The van der Waals surface area contributed by atoms with Crippen molar-refractivity contribution in [1.82, 2.24) is 19.3 Å². The average molecular weight is 633 g/mol. The van der Waals surface area contributed by atoms with E-state index in [0.29, 0.717) is 5.92 Å². The molecule has 0 amide bonds. The van der Waals surface area contributed by atoms with E-state index in [2.05, 4.69) is 118 Å². The Morgan fingerprint density at radius 1 is 0.750 bits per heavy atom. The second-order valence-corrected chi connectivity index (χ2v) is 13.3. The maximum Gasteiger partial charge on any atom is 0.137 e. The van der Waals surface area contributed by atoms with Crippen LogP contribution in [0.25, 0.3) is 44.4 Å². The van der Waals surface area contributed by atoms with Crippen molar-refractivity contribution in [1.29, 1.82) is 0 Å². The normalized spacial score (nSPS) is 11.6. The van der Waals surface area contributed by atoms with Gasteiger partial charge in [-0.15, -0.1) is 0 Å². The SMILES string of the molecule is CCCc1ccc(CC(C)C)c(CCC)c1-c1cnn(-c2cccc(Oc3ccc4c5ccccc5n(-c5cc(C)ccn5)c4c3)c2)c1. The Kier molecular flexibility index (Phi) is 8.86. The Hall–Kier alpha value is -5.16.